The van der Waals surface area contributed by atoms with Crippen LogP contribution in [0, 0.1) is 6.92 Å². The highest BCUT2D eigenvalue weighted by Crippen LogP contribution is 2.17. The smallest absolute Gasteiger partial charge is 0.251 e. The molecule has 1 saturated heterocycles. The maximum atomic E-state index is 12.1. The zero-order valence-electron chi connectivity index (χ0n) is 15.9. The molecule has 0 bridgehead atoms. The van der Waals surface area contributed by atoms with E-state index in [1.807, 2.05) is 31.2 Å². The largest absolute Gasteiger partial charge is 0.369 e. The van der Waals surface area contributed by atoms with Gasteiger partial charge in [0.2, 0.25) is 0 Å². The van der Waals surface area contributed by atoms with Gasteiger partial charge in [0.25, 0.3) is 5.91 Å². The Morgan fingerprint density at radius 2 is 1.77 bits per heavy atom. The van der Waals surface area contributed by atoms with Gasteiger partial charge in [-0.2, -0.15) is 0 Å². The summed E-state index contributed by atoms with van der Waals surface area (Å²) in [5.74, 6) is 0.0131. The number of amides is 1. The molecule has 1 aliphatic heterocycles. The van der Waals surface area contributed by atoms with Crippen molar-refractivity contribution in [2.45, 2.75) is 19.8 Å². The Labute approximate surface area is 156 Å². The molecule has 4 heteroatoms. The SMILES string of the molecule is Cc1cccc(C(=O)NCCCc2ccc(N3CCN(C)CC3)cc2)c1. The Morgan fingerprint density at radius 3 is 2.46 bits per heavy atom. The van der Waals surface area contributed by atoms with Crippen molar-refractivity contribution in [2.24, 2.45) is 0 Å². The van der Waals surface area contributed by atoms with Crippen LogP contribution in [0.3, 0.4) is 0 Å². The molecular weight excluding hydrogens is 322 g/mol. The molecule has 4 nitrogen and oxygen atoms in total. The number of carbonyl (C=O) groups excluding carboxylic acids is 1. The zero-order chi connectivity index (χ0) is 18.4. The fraction of sp³-hybridized carbons (Fsp3) is 0.409. The number of aryl methyl sites for hydroxylation is 2. The molecule has 1 amide bonds. The molecule has 26 heavy (non-hydrogen) atoms. The molecule has 0 aliphatic carbocycles. The van der Waals surface area contributed by atoms with Crippen molar-refractivity contribution in [3.05, 3.63) is 65.2 Å². The van der Waals surface area contributed by atoms with E-state index in [4.69, 9.17) is 0 Å². The Balaban J connectivity index is 1.41. The maximum Gasteiger partial charge on any atom is 0.251 e. The van der Waals surface area contributed by atoms with E-state index in [0.717, 1.165) is 50.1 Å². The summed E-state index contributed by atoms with van der Waals surface area (Å²) in [5, 5.41) is 3.01. The molecule has 1 heterocycles. The number of hydrogen-bond acceptors (Lipinski definition) is 3. The van der Waals surface area contributed by atoms with Crippen molar-refractivity contribution in [2.75, 3.05) is 44.7 Å². The van der Waals surface area contributed by atoms with Gasteiger partial charge in [0.05, 0.1) is 0 Å². The normalized spacial score (nSPS) is 15.1. The first-order valence-corrected chi connectivity index (χ1v) is 9.49. The molecule has 3 rings (SSSR count). The van der Waals surface area contributed by atoms with E-state index < -0.39 is 0 Å². The van der Waals surface area contributed by atoms with Crippen LogP contribution in [0.25, 0.3) is 0 Å². The van der Waals surface area contributed by atoms with Crippen LogP contribution in [0.4, 0.5) is 5.69 Å². The molecule has 0 radical (unpaired) electrons. The number of piperazine rings is 1. The van der Waals surface area contributed by atoms with Crippen LogP contribution >= 0.6 is 0 Å². The highest BCUT2D eigenvalue weighted by molar-refractivity contribution is 5.94. The topological polar surface area (TPSA) is 35.6 Å². The summed E-state index contributed by atoms with van der Waals surface area (Å²) in [6, 6.07) is 16.6. The van der Waals surface area contributed by atoms with E-state index in [1.54, 1.807) is 0 Å². The van der Waals surface area contributed by atoms with Gasteiger partial charge >= 0.3 is 0 Å². The number of hydrogen-bond donors (Lipinski definition) is 1. The van der Waals surface area contributed by atoms with E-state index in [0.29, 0.717) is 6.54 Å². The van der Waals surface area contributed by atoms with E-state index in [2.05, 4.69) is 46.4 Å². The lowest BCUT2D eigenvalue weighted by Crippen LogP contribution is -2.44. The molecule has 0 spiro atoms. The average Bonchev–Trinajstić information content (AvgIpc) is 2.66. The van der Waals surface area contributed by atoms with Gasteiger partial charge in [0.15, 0.2) is 0 Å². The summed E-state index contributed by atoms with van der Waals surface area (Å²) in [6.07, 6.45) is 1.93. The summed E-state index contributed by atoms with van der Waals surface area (Å²) < 4.78 is 0. The summed E-state index contributed by atoms with van der Waals surface area (Å²) in [4.78, 5) is 17.0. The quantitative estimate of drug-likeness (QED) is 0.813. The highest BCUT2D eigenvalue weighted by Gasteiger charge is 2.13. The van der Waals surface area contributed by atoms with Gasteiger partial charge in [-0.05, 0) is 56.6 Å². The van der Waals surface area contributed by atoms with Crippen LogP contribution in [0.5, 0.6) is 0 Å². The number of benzene rings is 2. The molecule has 1 fully saturated rings. The third-order valence-corrected chi connectivity index (χ3v) is 5.01. The highest BCUT2D eigenvalue weighted by atomic mass is 16.1. The molecule has 0 aromatic heterocycles. The lowest BCUT2D eigenvalue weighted by atomic mass is 10.1. The lowest BCUT2D eigenvalue weighted by molar-refractivity contribution is 0.0953. The van der Waals surface area contributed by atoms with Crippen LogP contribution < -0.4 is 10.2 Å². The predicted molar refractivity (Wildman–Crippen MR) is 108 cm³/mol. The number of likely N-dealkylation sites (N-methyl/N-ethyl adjacent to an activating group) is 1. The van der Waals surface area contributed by atoms with E-state index in [1.165, 1.54) is 11.3 Å². The van der Waals surface area contributed by atoms with E-state index in [-0.39, 0.29) is 5.91 Å². The van der Waals surface area contributed by atoms with Gasteiger partial charge < -0.3 is 15.1 Å². The first-order valence-electron chi connectivity index (χ1n) is 9.49. The fourth-order valence-electron chi connectivity index (χ4n) is 3.32. The lowest BCUT2D eigenvalue weighted by Gasteiger charge is -2.34. The third kappa shape index (κ3) is 5.09. The van der Waals surface area contributed by atoms with Gasteiger partial charge in [0.1, 0.15) is 0 Å². The van der Waals surface area contributed by atoms with Crippen molar-refractivity contribution < 1.29 is 4.79 Å². The van der Waals surface area contributed by atoms with Crippen molar-refractivity contribution >= 4 is 11.6 Å². The summed E-state index contributed by atoms with van der Waals surface area (Å²) in [5.41, 5.74) is 4.49. The second-order valence-corrected chi connectivity index (χ2v) is 7.19. The van der Waals surface area contributed by atoms with Crippen LogP contribution in [0.15, 0.2) is 48.5 Å². The van der Waals surface area contributed by atoms with Crippen molar-refractivity contribution in [3.63, 3.8) is 0 Å². The third-order valence-electron chi connectivity index (χ3n) is 5.01. The van der Waals surface area contributed by atoms with Gasteiger partial charge in [-0.1, -0.05) is 29.8 Å². The molecule has 1 aliphatic rings. The van der Waals surface area contributed by atoms with Gasteiger partial charge in [-0.25, -0.2) is 0 Å². The standard InChI is InChI=1S/C22H29N3O/c1-18-5-3-7-20(17-18)22(26)23-12-4-6-19-8-10-21(11-9-19)25-15-13-24(2)14-16-25/h3,5,7-11,17H,4,6,12-16H2,1-2H3,(H,23,26). The number of nitrogens with one attached hydrogen (secondary N) is 1. The van der Waals surface area contributed by atoms with E-state index >= 15 is 0 Å². The predicted octanol–water partition coefficient (Wildman–Crippen LogP) is 3.11. The van der Waals surface area contributed by atoms with Gasteiger partial charge in [-0.15, -0.1) is 0 Å². The molecule has 138 valence electrons. The monoisotopic (exact) mass is 351 g/mol. The molecule has 2 aromatic rings. The van der Waals surface area contributed by atoms with Crippen LogP contribution in [0.2, 0.25) is 0 Å². The maximum absolute atomic E-state index is 12.1. The first-order chi connectivity index (χ1) is 12.6. The number of anilines is 1. The number of rotatable bonds is 6. The molecular formula is C22H29N3O. The second-order valence-electron chi connectivity index (χ2n) is 7.19. The molecule has 0 unspecified atom stereocenters. The van der Waals surface area contributed by atoms with Gasteiger partial charge in [-0.3, -0.25) is 4.79 Å². The number of nitrogens with zero attached hydrogens (tertiary/aromatic N) is 2. The molecule has 0 saturated carbocycles. The van der Waals surface area contributed by atoms with E-state index in [9.17, 15) is 4.79 Å². The Kier molecular flexibility index (Phi) is 6.29. The van der Waals surface area contributed by atoms with Crippen LogP contribution in [0.1, 0.15) is 27.9 Å². The fourth-order valence-corrected chi connectivity index (χ4v) is 3.32. The Morgan fingerprint density at radius 1 is 1.04 bits per heavy atom. The minimum absolute atomic E-state index is 0.0131. The summed E-state index contributed by atoms with van der Waals surface area (Å²) in [7, 11) is 2.18. The Bertz CT molecular complexity index is 718. The minimum Gasteiger partial charge on any atom is -0.369 e. The van der Waals surface area contributed by atoms with Crippen molar-refractivity contribution in [3.8, 4) is 0 Å². The second kappa shape index (κ2) is 8.86. The Hall–Kier alpha value is -2.33. The van der Waals surface area contributed by atoms with Crippen molar-refractivity contribution in [1.29, 1.82) is 0 Å². The summed E-state index contributed by atoms with van der Waals surface area (Å²) >= 11 is 0. The van der Waals surface area contributed by atoms with Gasteiger partial charge in [0, 0.05) is 44.0 Å². The molecule has 0 atom stereocenters. The minimum atomic E-state index is 0.0131. The molecule has 2 aromatic carbocycles. The number of carbonyl (C=O) groups is 1. The van der Waals surface area contributed by atoms with Crippen LogP contribution in [-0.2, 0) is 6.42 Å². The van der Waals surface area contributed by atoms with Crippen LogP contribution in [-0.4, -0.2) is 50.6 Å². The molecule has 1 N–H and O–H groups in total. The summed E-state index contributed by atoms with van der Waals surface area (Å²) in [6.45, 7) is 7.15. The zero-order valence-corrected chi connectivity index (χ0v) is 15.9. The average molecular weight is 351 g/mol. The van der Waals surface area contributed by atoms with Crippen molar-refractivity contribution in [1.82, 2.24) is 10.2 Å². The first kappa shape index (κ1) is 18.5.